The molecule has 0 spiro atoms. The van der Waals surface area contributed by atoms with Crippen LogP contribution in [0.1, 0.15) is 44.7 Å². The zero-order valence-electron chi connectivity index (χ0n) is 15.6. The van der Waals surface area contributed by atoms with Crippen molar-refractivity contribution in [2.75, 3.05) is 6.61 Å². The van der Waals surface area contributed by atoms with Crippen molar-refractivity contribution in [3.05, 3.63) is 40.3 Å². The van der Waals surface area contributed by atoms with Crippen molar-refractivity contribution in [3.63, 3.8) is 0 Å². The summed E-state index contributed by atoms with van der Waals surface area (Å²) >= 11 is 0. The Kier molecular flexibility index (Phi) is 6.21. The zero-order valence-corrected chi connectivity index (χ0v) is 15.6. The number of hydrogen-bond donors (Lipinski definition) is 1. The third-order valence-corrected chi connectivity index (χ3v) is 4.53. The number of para-hydroxylation sites is 2. The van der Waals surface area contributed by atoms with Crippen LogP contribution in [0, 0.1) is 0 Å². The van der Waals surface area contributed by atoms with E-state index >= 15 is 0 Å². The molecule has 3 rings (SSSR count). The normalized spacial score (nSPS) is 13.5. The number of benzene rings is 1. The number of fused-ring (bicyclic) bond motifs is 1. The van der Waals surface area contributed by atoms with Gasteiger partial charge >= 0.3 is 5.97 Å². The van der Waals surface area contributed by atoms with Crippen LogP contribution in [0.5, 0.6) is 0 Å². The number of nitrogens with one attached hydrogen (secondary N) is 1. The Balaban J connectivity index is 1.65. The highest BCUT2D eigenvalue weighted by atomic mass is 16.5. The monoisotopic (exact) mass is 371 g/mol. The van der Waals surface area contributed by atoms with Crippen molar-refractivity contribution in [3.8, 4) is 0 Å². The van der Waals surface area contributed by atoms with E-state index in [1.807, 2.05) is 24.3 Å². The molecular weight excluding hydrogens is 346 g/mol. The minimum Gasteiger partial charge on any atom is -0.456 e. The topological polar surface area (TPSA) is 90.3 Å². The maximum atomic E-state index is 12.8. The molecule has 0 bridgehead atoms. The van der Waals surface area contributed by atoms with Gasteiger partial charge in [0.25, 0.3) is 11.5 Å². The Morgan fingerprint density at radius 3 is 2.81 bits per heavy atom. The minimum absolute atomic E-state index is 0.0189. The third kappa shape index (κ3) is 5.15. The molecule has 1 aromatic carbocycles. The number of aryl methyl sites for hydroxylation is 2. The molecule has 0 atom stereocenters. The third-order valence-electron chi connectivity index (χ3n) is 4.53. The van der Waals surface area contributed by atoms with E-state index in [0.717, 1.165) is 36.7 Å². The van der Waals surface area contributed by atoms with Crippen molar-refractivity contribution in [1.29, 1.82) is 0 Å². The van der Waals surface area contributed by atoms with Gasteiger partial charge in [0.15, 0.2) is 6.61 Å². The molecule has 0 unspecified atom stereocenters. The summed E-state index contributed by atoms with van der Waals surface area (Å²) in [6.07, 6.45) is 4.05. The van der Waals surface area contributed by atoms with Crippen LogP contribution >= 0.6 is 0 Å². The molecule has 2 aromatic rings. The first-order valence-corrected chi connectivity index (χ1v) is 9.52. The second-order valence-corrected chi connectivity index (χ2v) is 6.86. The van der Waals surface area contributed by atoms with Crippen LogP contribution in [0.15, 0.2) is 29.1 Å². The number of rotatable bonds is 9. The van der Waals surface area contributed by atoms with Crippen molar-refractivity contribution in [2.45, 2.75) is 58.0 Å². The Labute approximate surface area is 157 Å². The molecule has 1 aliphatic carbocycles. The number of esters is 1. The predicted octanol–water partition coefficient (Wildman–Crippen LogP) is 1.95. The van der Waals surface area contributed by atoms with E-state index in [1.165, 1.54) is 0 Å². The fourth-order valence-corrected chi connectivity index (χ4v) is 2.88. The molecule has 0 aliphatic heterocycles. The van der Waals surface area contributed by atoms with Gasteiger partial charge in [-0.3, -0.25) is 14.4 Å². The molecule has 7 heteroatoms. The molecule has 1 heterocycles. The highest BCUT2D eigenvalue weighted by molar-refractivity contribution is 5.81. The number of unbranched alkanes of at least 4 members (excludes halogenated alkanes) is 1. The lowest BCUT2D eigenvalue weighted by molar-refractivity contribution is -0.148. The van der Waals surface area contributed by atoms with Crippen molar-refractivity contribution < 1.29 is 14.3 Å². The molecule has 0 radical (unpaired) electrons. The summed E-state index contributed by atoms with van der Waals surface area (Å²) in [7, 11) is 0. The van der Waals surface area contributed by atoms with Gasteiger partial charge in [0.2, 0.25) is 0 Å². The van der Waals surface area contributed by atoms with Crippen molar-refractivity contribution in [2.24, 2.45) is 0 Å². The van der Waals surface area contributed by atoms with Gasteiger partial charge in [-0.2, -0.15) is 0 Å². The van der Waals surface area contributed by atoms with Gasteiger partial charge in [-0.1, -0.05) is 25.5 Å². The smallest absolute Gasteiger partial charge is 0.306 e. The van der Waals surface area contributed by atoms with E-state index in [0.29, 0.717) is 12.2 Å². The molecule has 27 heavy (non-hydrogen) atoms. The summed E-state index contributed by atoms with van der Waals surface area (Å²) in [6, 6.07) is 7.74. The first kappa shape index (κ1) is 19.1. The molecule has 0 saturated heterocycles. The minimum atomic E-state index is -0.504. The molecule has 1 N–H and O–H groups in total. The molecule has 7 nitrogen and oxygen atoms in total. The van der Waals surface area contributed by atoms with Gasteiger partial charge in [0.05, 0.1) is 17.5 Å². The average Bonchev–Trinajstić information content (AvgIpc) is 3.48. The lowest BCUT2D eigenvalue weighted by Crippen LogP contribution is -2.30. The van der Waals surface area contributed by atoms with Crippen molar-refractivity contribution in [1.82, 2.24) is 14.9 Å². The first-order chi connectivity index (χ1) is 13.1. The van der Waals surface area contributed by atoms with Crippen LogP contribution < -0.4 is 10.9 Å². The number of amides is 1. The maximum absolute atomic E-state index is 12.8. The molecule has 1 amide bonds. The van der Waals surface area contributed by atoms with E-state index in [9.17, 15) is 14.4 Å². The van der Waals surface area contributed by atoms with Crippen LogP contribution in [0.25, 0.3) is 11.0 Å². The average molecular weight is 371 g/mol. The van der Waals surface area contributed by atoms with Gasteiger partial charge in [-0.15, -0.1) is 0 Å². The molecule has 1 aliphatic rings. The summed E-state index contributed by atoms with van der Waals surface area (Å²) in [4.78, 5) is 40.7. The predicted molar refractivity (Wildman–Crippen MR) is 101 cm³/mol. The molecule has 1 saturated carbocycles. The zero-order chi connectivity index (χ0) is 19.2. The van der Waals surface area contributed by atoms with E-state index in [4.69, 9.17) is 4.74 Å². The number of carbonyl (C=O) groups excluding carboxylic acids is 2. The molecule has 1 aromatic heterocycles. The van der Waals surface area contributed by atoms with E-state index in [-0.39, 0.29) is 37.0 Å². The number of ether oxygens (including phenoxy) is 1. The van der Waals surface area contributed by atoms with Crippen LogP contribution in [0.4, 0.5) is 0 Å². The molecular formula is C20H25N3O4. The van der Waals surface area contributed by atoms with Crippen LogP contribution in [-0.2, 0) is 27.3 Å². The summed E-state index contributed by atoms with van der Waals surface area (Å²) < 4.78 is 6.72. The Morgan fingerprint density at radius 2 is 2.07 bits per heavy atom. The summed E-state index contributed by atoms with van der Waals surface area (Å²) in [5.41, 5.74) is 1.73. The summed E-state index contributed by atoms with van der Waals surface area (Å²) in [5.74, 6) is -0.785. The Bertz CT molecular complexity index is 886. The Morgan fingerprint density at radius 1 is 1.30 bits per heavy atom. The highest BCUT2D eigenvalue weighted by Gasteiger charge is 2.23. The second kappa shape index (κ2) is 8.79. The fraction of sp³-hybridized carbons (Fsp3) is 0.500. The second-order valence-electron chi connectivity index (χ2n) is 6.86. The van der Waals surface area contributed by atoms with Crippen LogP contribution in [0.2, 0.25) is 0 Å². The van der Waals surface area contributed by atoms with Crippen LogP contribution in [-0.4, -0.2) is 34.1 Å². The largest absolute Gasteiger partial charge is 0.456 e. The van der Waals surface area contributed by atoms with Crippen molar-refractivity contribution >= 4 is 22.9 Å². The highest BCUT2D eigenvalue weighted by Crippen LogP contribution is 2.18. The van der Waals surface area contributed by atoms with Gasteiger partial charge in [-0.05, 0) is 31.4 Å². The van der Waals surface area contributed by atoms with Gasteiger partial charge < -0.3 is 14.6 Å². The molecule has 144 valence electrons. The number of carbonyl (C=O) groups is 2. The molecule has 1 fully saturated rings. The first-order valence-electron chi connectivity index (χ1n) is 9.52. The lowest BCUT2D eigenvalue weighted by Gasteiger charge is -2.12. The van der Waals surface area contributed by atoms with Crippen LogP contribution in [0.3, 0.4) is 0 Å². The standard InChI is InChI=1S/C20H25N3O4/c1-2-3-12-23-17-7-5-4-6-15(17)22-16(20(23)26)10-11-19(25)27-13-18(24)21-14-8-9-14/h4-7,14H,2-3,8-13H2,1H3,(H,21,24). The van der Waals surface area contributed by atoms with E-state index < -0.39 is 5.97 Å². The maximum Gasteiger partial charge on any atom is 0.306 e. The number of aromatic nitrogens is 2. The summed E-state index contributed by atoms with van der Waals surface area (Å²) in [5, 5.41) is 2.76. The van der Waals surface area contributed by atoms with E-state index in [1.54, 1.807) is 4.57 Å². The van der Waals surface area contributed by atoms with Gasteiger partial charge in [0.1, 0.15) is 5.69 Å². The van der Waals surface area contributed by atoms with E-state index in [2.05, 4.69) is 17.2 Å². The SMILES string of the molecule is CCCCn1c(=O)c(CCC(=O)OCC(=O)NC2CC2)nc2ccccc21. The fourth-order valence-electron chi connectivity index (χ4n) is 2.88. The number of hydrogen-bond acceptors (Lipinski definition) is 5. The lowest BCUT2D eigenvalue weighted by atomic mass is 10.2. The quantitative estimate of drug-likeness (QED) is 0.681. The number of nitrogens with zero attached hydrogens (tertiary/aromatic N) is 2. The van der Waals surface area contributed by atoms with Gasteiger partial charge in [-0.25, -0.2) is 4.98 Å². The van der Waals surface area contributed by atoms with Gasteiger partial charge in [0, 0.05) is 19.0 Å². The Hall–Kier alpha value is -2.70. The summed E-state index contributed by atoms with van der Waals surface area (Å²) in [6.45, 7) is 2.42.